The first-order valence-electron chi connectivity index (χ1n) is 4.61. The minimum Gasteiger partial charge on any atom is -0.364 e. The number of anilines is 1. The van der Waals surface area contributed by atoms with E-state index >= 15 is 0 Å². The molecule has 0 unspecified atom stereocenters. The van der Waals surface area contributed by atoms with Crippen LogP contribution < -0.4 is 5.32 Å². The van der Waals surface area contributed by atoms with Gasteiger partial charge in [0.05, 0.1) is 0 Å². The summed E-state index contributed by atoms with van der Waals surface area (Å²) in [6, 6.07) is 11.8. The third kappa shape index (κ3) is 2.76. The molecule has 2 aromatic rings. The van der Waals surface area contributed by atoms with Crippen molar-refractivity contribution < 1.29 is 0 Å². The van der Waals surface area contributed by atoms with Gasteiger partial charge < -0.3 is 5.32 Å². The topological polar surface area (TPSA) is 37.8 Å². The molecular formula is C11H10BrN3. The summed E-state index contributed by atoms with van der Waals surface area (Å²) in [5.74, 6) is 0.785. The van der Waals surface area contributed by atoms with Crippen LogP contribution in [0.2, 0.25) is 0 Å². The largest absolute Gasteiger partial charge is 0.364 e. The molecule has 3 nitrogen and oxygen atoms in total. The van der Waals surface area contributed by atoms with Crippen molar-refractivity contribution in [2.24, 2.45) is 0 Å². The van der Waals surface area contributed by atoms with Crippen LogP contribution in [-0.4, -0.2) is 10.2 Å². The lowest BCUT2D eigenvalue weighted by atomic mass is 10.2. The monoisotopic (exact) mass is 263 g/mol. The van der Waals surface area contributed by atoms with Gasteiger partial charge in [-0.2, -0.15) is 5.10 Å². The van der Waals surface area contributed by atoms with Crippen LogP contribution in [0.3, 0.4) is 0 Å². The number of nitrogens with zero attached hydrogens (tertiary/aromatic N) is 2. The highest BCUT2D eigenvalue weighted by Crippen LogP contribution is 2.16. The normalized spacial score (nSPS) is 9.93. The van der Waals surface area contributed by atoms with Gasteiger partial charge in [0, 0.05) is 17.2 Å². The number of halogens is 1. The van der Waals surface area contributed by atoms with Crippen LogP contribution in [0.25, 0.3) is 0 Å². The molecule has 1 N–H and O–H groups in total. The van der Waals surface area contributed by atoms with Crippen molar-refractivity contribution >= 4 is 21.7 Å². The molecule has 0 atom stereocenters. The summed E-state index contributed by atoms with van der Waals surface area (Å²) in [5.41, 5.74) is 1.20. The Morgan fingerprint density at radius 1 is 1.13 bits per heavy atom. The molecule has 4 heteroatoms. The molecule has 76 valence electrons. The molecule has 2 rings (SSSR count). The zero-order valence-electron chi connectivity index (χ0n) is 8.02. The maximum absolute atomic E-state index is 3.95. The molecule has 0 aliphatic carbocycles. The van der Waals surface area contributed by atoms with Crippen molar-refractivity contribution in [3.05, 3.63) is 52.6 Å². The van der Waals surface area contributed by atoms with Crippen LogP contribution in [0.15, 0.2) is 47.1 Å². The fourth-order valence-corrected chi connectivity index (χ4v) is 1.65. The Morgan fingerprint density at radius 2 is 2.00 bits per heavy atom. The summed E-state index contributed by atoms with van der Waals surface area (Å²) in [5, 5.41) is 10.9. The van der Waals surface area contributed by atoms with Crippen LogP contribution in [0.1, 0.15) is 5.56 Å². The fraction of sp³-hybridized carbons (Fsp3) is 0.0909. The highest BCUT2D eigenvalue weighted by Gasteiger charge is 1.98. The minimum atomic E-state index is 0.736. The van der Waals surface area contributed by atoms with Crippen molar-refractivity contribution in [3.8, 4) is 0 Å². The van der Waals surface area contributed by atoms with Gasteiger partial charge in [0.1, 0.15) is 5.82 Å². The molecule has 0 saturated heterocycles. The van der Waals surface area contributed by atoms with Crippen LogP contribution in [-0.2, 0) is 6.54 Å². The summed E-state index contributed by atoms with van der Waals surface area (Å²) in [4.78, 5) is 0. The number of nitrogens with one attached hydrogen (secondary N) is 1. The Bertz CT molecular complexity index is 431. The molecule has 1 heterocycles. The van der Waals surface area contributed by atoms with E-state index in [2.05, 4.69) is 37.5 Å². The van der Waals surface area contributed by atoms with E-state index < -0.39 is 0 Å². The lowest BCUT2D eigenvalue weighted by Crippen LogP contribution is -2.02. The molecular weight excluding hydrogens is 254 g/mol. The predicted molar refractivity (Wildman–Crippen MR) is 63.5 cm³/mol. The Kier molecular flexibility index (Phi) is 3.29. The summed E-state index contributed by atoms with van der Waals surface area (Å²) >= 11 is 3.49. The Labute approximate surface area is 96.7 Å². The lowest BCUT2D eigenvalue weighted by Gasteiger charge is -2.06. The molecule has 0 spiro atoms. The van der Waals surface area contributed by atoms with Gasteiger partial charge in [-0.1, -0.05) is 34.1 Å². The third-order valence-electron chi connectivity index (χ3n) is 1.99. The summed E-state index contributed by atoms with van der Waals surface area (Å²) in [6.07, 6.45) is 1.66. The average Bonchev–Trinajstić information content (AvgIpc) is 2.29. The van der Waals surface area contributed by atoms with Crippen LogP contribution >= 0.6 is 15.9 Å². The second-order valence-corrected chi connectivity index (χ2v) is 3.91. The van der Waals surface area contributed by atoms with E-state index in [1.807, 2.05) is 30.3 Å². The first kappa shape index (κ1) is 10.1. The van der Waals surface area contributed by atoms with E-state index in [1.54, 1.807) is 6.20 Å². The van der Waals surface area contributed by atoms with Gasteiger partial charge >= 0.3 is 0 Å². The summed E-state index contributed by atoms with van der Waals surface area (Å²) < 4.78 is 1.10. The SMILES string of the molecule is Brc1ccccc1CNc1cccnn1. The van der Waals surface area contributed by atoms with Gasteiger partial charge in [-0.15, -0.1) is 5.10 Å². The third-order valence-corrected chi connectivity index (χ3v) is 2.76. The van der Waals surface area contributed by atoms with E-state index in [-0.39, 0.29) is 0 Å². The highest BCUT2D eigenvalue weighted by molar-refractivity contribution is 9.10. The van der Waals surface area contributed by atoms with E-state index in [4.69, 9.17) is 0 Å². The van der Waals surface area contributed by atoms with Gasteiger partial charge in [-0.05, 0) is 23.8 Å². The van der Waals surface area contributed by atoms with Gasteiger partial charge in [-0.3, -0.25) is 0 Å². The second-order valence-electron chi connectivity index (χ2n) is 3.05. The zero-order valence-corrected chi connectivity index (χ0v) is 9.61. The standard InChI is InChI=1S/C11H10BrN3/c12-10-5-2-1-4-9(10)8-13-11-6-3-7-14-15-11/h1-7H,8H2,(H,13,15). The van der Waals surface area contributed by atoms with Gasteiger partial charge in [0.25, 0.3) is 0 Å². The summed E-state index contributed by atoms with van der Waals surface area (Å²) in [7, 11) is 0. The molecule has 0 fully saturated rings. The Morgan fingerprint density at radius 3 is 2.73 bits per heavy atom. The first-order chi connectivity index (χ1) is 7.36. The van der Waals surface area contributed by atoms with Crippen LogP contribution in [0.5, 0.6) is 0 Å². The number of aromatic nitrogens is 2. The first-order valence-corrected chi connectivity index (χ1v) is 5.40. The minimum absolute atomic E-state index is 0.736. The summed E-state index contributed by atoms with van der Waals surface area (Å²) in [6.45, 7) is 0.736. The number of hydrogen-bond donors (Lipinski definition) is 1. The van der Waals surface area contributed by atoms with E-state index in [1.165, 1.54) is 5.56 Å². The average molecular weight is 264 g/mol. The Balaban J connectivity index is 2.03. The van der Waals surface area contributed by atoms with Crippen molar-refractivity contribution in [2.45, 2.75) is 6.54 Å². The molecule has 0 radical (unpaired) electrons. The highest BCUT2D eigenvalue weighted by atomic mass is 79.9. The second kappa shape index (κ2) is 4.89. The molecule has 1 aromatic heterocycles. The van der Waals surface area contributed by atoms with Crippen molar-refractivity contribution in [1.29, 1.82) is 0 Å². The van der Waals surface area contributed by atoms with E-state index in [0.717, 1.165) is 16.8 Å². The van der Waals surface area contributed by atoms with Crippen LogP contribution in [0, 0.1) is 0 Å². The van der Waals surface area contributed by atoms with Crippen molar-refractivity contribution in [2.75, 3.05) is 5.32 Å². The molecule has 0 amide bonds. The van der Waals surface area contributed by atoms with E-state index in [9.17, 15) is 0 Å². The smallest absolute Gasteiger partial charge is 0.148 e. The number of hydrogen-bond acceptors (Lipinski definition) is 3. The van der Waals surface area contributed by atoms with Crippen molar-refractivity contribution in [3.63, 3.8) is 0 Å². The molecule has 0 aliphatic heterocycles. The lowest BCUT2D eigenvalue weighted by molar-refractivity contribution is 0.998. The van der Waals surface area contributed by atoms with Gasteiger partial charge in [-0.25, -0.2) is 0 Å². The van der Waals surface area contributed by atoms with Gasteiger partial charge in [0.2, 0.25) is 0 Å². The van der Waals surface area contributed by atoms with Crippen LogP contribution in [0.4, 0.5) is 5.82 Å². The molecule has 0 bridgehead atoms. The molecule has 0 aliphatic rings. The fourth-order valence-electron chi connectivity index (χ4n) is 1.22. The zero-order chi connectivity index (χ0) is 10.5. The molecule has 15 heavy (non-hydrogen) atoms. The maximum Gasteiger partial charge on any atom is 0.148 e. The van der Waals surface area contributed by atoms with E-state index in [0.29, 0.717) is 0 Å². The molecule has 0 saturated carbocycles. The Hall–Kier alpha value is -1.42. The van der Waals surface area contributed by atoms with Crippen molar-refractivity contribution in [1.82, 2.24) is 10.2 Å². The van der Waals surface area contributed by atoms with Gasteiger partial charge in [0.15, 0.2) is 0 Å². The maximum atomic E-state index is 3.95. The quantitative estimate of drug-likeness (QED) is 0.926. The number of benzene rings is 1. The predicted octanol–water partition coefficient (Wildman–Crippen LogP) is 2.85. The molecule has 1 aromatic carbocycles. The number of rotatable bonds is 3.